The predicted molar refractivity (Wildman–Crippen MR) is 120 cm³/mol. The molecule has 1 amide bonds. The summed E-state index contributed by atoms with van der Waals surface area (Å²) in [5, 5.41) is 3.10. The quantitative estimate of drug-likeness (QED) is 0.649. The van der Waals surface area contributed by atoms with Crippen LogP contribution in [-0.4, -0.2) is 26.2 Å². The number of hydrogen-bond donors (Lipinski definition) is 1. The molecule has 1 heterocycles. The molecule has 0 radical (unpaired) electrons. The molecular weight excluding hydrogens is 374 g/mol. The second kappa shape index (κ2) is 10.1. The van der Waals surface area contributed by atoms with Gasteiger partial charge in [0.05, 0.1) is 7.11 Å². The third kappa shape index (κ3) is 5.42. The average molecular weight is 408 g/mol. The van der Waals surface area contributed by atoms with Crippen LogP contribution in [0, 0.1) is 5.92 Å². The van der Waals surface area contributed by atoms with Crippen LogP contribution in [0.2, 0.25) is 0 Å². The molecule has 160 valence electrons. The van der Waals surface area contributed by atoms with Crippen LogP contribution in [0.4, 0.5) is 5.69 Å². The maximum absolute atomic E-state index is 12.5. The number of ether oxygens (including phenoxy) is 2. The Bertz CT molecular complexity index is 801. The normalized spacial score (nSPS) is 22.4. The highest BCUT2D eigenvalue weighted by atomic mass is 16.5. The highest BCUT2D eigenvalue weighted by Crippen LogP contribution is 2.37. The second-order valence-electron chi connectivity index (χ2n) is 8.75. The Kier molecular flexibility index (Phi) is 7.06. The largest absolute Gasteiger partial charge is 0.497 e. The first kappa shape index (κ1) is 20.9. The molecule has 0 atom stereocenters. The van der Waals surface area contributed by atoms with E-state index in [0.29, 0.717) is 24.2 Å². The second-order valence-corrected chi connectivity index (χ2v) is 8.75. The van der Waals surface area contributed by atoms with E-state index >= 15 is 0 Å². The zero-order valence-electron chi connectivity index (χ0n) is 17.9. The lowest BCUT2D eigenvalue weighted by atomic mass is 9.77. The van der Waals surface area contributed by atoms with Crippen molar-refractivity contribution < 1.29 is 14.3 Å². The van der Waals surface area contributed by atoms with E-state index < -0.39 is 0 Å². The van der Waals surface area contributed by atoms with E-state index in [1.165, 1.54) is 11.1 Å². The Morgan fingerprint density at radius 3 is 2.03 bits per heavy atom. The highest BCUT2D eigenvalue weighted by Gasteiger charge is 2.24. The van der Waals surface area contributed by atoms with E-state index in [-0.39, 0.29) is 5.91 Å². The lowest BCUT2D eigenvalue weighted by molar-refractivity contribution is -0.117. The molecule has 4 nitrogen and oxygen atoms in total. The fraction of sp³-hybridized carbons (Fsp3) is 0.500. The molecule has 0 aromatic heterocycles. The number of rotatable bonds is 6. The van der Waals surface area contributed by atoms with Gasteiger partial charge < -0.3 is 14.8 Å². The first-order valence-electron chi connectivity index (χ1n) is 11.3. The van der Waals surface area contributed by atoms with Crippen molar-refractivity contribution in [3.63, 3.8) is 0 Å². The molecule has 2 aromatic rings. The monoisotopic (exact) mass is 407 g/mol. The minimum absolute atomic E-state index is 0.140. The van der Waals surface area contributed by atoms with Crippen molar-refractivity contribution in [2.24, 2.45) is 5.92 Å². The lowest BCUT2D eigenvalue weighted by Gasteiger charge is -2.28. The molecule has 1 saturated heterocycles. The molecule has 1 saturated carbocycles. The zero-order valence-corrected chi connectivity index (χ0v) is 17.9. The molecule has 2 aromatic carbocycles. The van der Waals surface area contributed by atoms with Crippen LogP contribution in [0.1, 0.15) is 67.9 Å². The number of hydrogen-bond acceptors (Lipinski definition) is 3. The number of amides is 1. The van der Waals surface area contributed by atoms with Crippen LogP contribution in [0.15, 0.2) is 48.5 Å². The van der Waals surface area contributed by atoms with Crippen LogP contribution in [-0.2, 0) is 9.53 Å². The van der Waals surface area contributed by atoms with Crippen molar-refractivity contribution in [3.05, 3.63) is 59.7 Å². The summed E-state index contributed by atoms with van der Waals surface area (Å²) < 4.78 is 10.7. The molecule has 2 fully saturated rings. The number of carbonyl (C=O) groups is 1. The summed E-state index contributed by atoms with van der Waals surface area (Å²) in [6.45, 7) is 1.70. The van der Waals surface area contributed by atoms with Gasteiger partial charge in [-0.2, -0.15) is 0 Å². The third-order valence-corrected chi connectivity index (χ3v) is 6.80. The summed E-state index contributed by atoms with van der Waals surface area (Å²) in [6.07, 6.45) is 7.35. The van der Waals surface area contributed by atoms with Gasteiger partial charge in [0.2, 0.25) is 5.91 Å². The van der Waals surface area contributed by atoms with Gasteiger partial charge in [0.25, 0.3) is 0 Å². The summed E-state index contributed by atoms with van der Waals surface area (Å²) in [5.41, 5.74) is 3.65. The van der Waals surface area contributed by atoms with Crippen LogP contribution in [0.3, 0.4) is 0 Å². The molecule has 4 rings (SSSR count). The lowest BCUT2D eigenvalue weighted by Crippen LogP contribution is -2.20. The molecule has 1 N–H and O–H groups in total. The Labute approximate surface area is 180 Å². The standard InChI is InChI=1S/C26H33NO3/c1-29-25-12-8-22(9-13-25)20-4-2-19(3-5-20)18-26(28)27-24-10-6-21(7-11-24)23-14-16-30-17-15-23/h6-13,19-20,23H,2-5,14-18H2,1H3,(H,27,28). The Hall–Kier alpha value is -2.33. The van der Waals surface area contributed by atoms with E-state index in [0.717, 1.165) is 63.2 Å². The van der Waals surface area contributed by atoms with Gasteiger partial charge in [-0.25, -0.2) is 0 Å². The first-order valence-corrected chi connectivity index (χ1v) is 11.3. The summed E-state index contributed by atoms with van der Waals surface area (Å²) in [6, 6.07) is 16.9. The van der Waals surface area contributed by atoms with Gasteiger partial charge in [0.15, 0.2) is 0 Å². The summed E-state index contributed by atoms with van der Waals surface area (Å²) >= 11 is 0. The molecule has 4 heteroatoms. The van der Waals surface area contributed by atoms with Crippen molar-refractivity contribution in [1.29, 1.82) is 0 Å². The van der Waals surface area contributed by atoms with Crippen molar-refractivity contribution in [2.45, 2.75) is 56.8 Å². The van der Waals surface area contributed by atoms with Crippen molar-refractivity contribution in [3.8, 4) is 5.75 Å². The van der Waals surface area contributed by atoms with E-state index in [2.05, 4.69) is 29.6 Å². The number of methoxy groups -OCH3 is 1. The number of carbonyl (C=O) groups excluding carboxylic acids is 1. The molecule has 2 aliphatic rings. The molecule has 30 heavy (non-hydrogen) atoms. The van der Waals surface area contributed by atoms with Gasteiger partial charge in [-0.1, -0.05) is 24.3 Å². The van der Waals surface area contributed by atoms with Crippen LogP contribution in [0.5, 0.6) is 5.75 Å². The van der Waals surface area contributed by atoms with Gasteiger partial charge in [-0.15, -0.1) is 0 Å². The number of nitrogens with one attached hydrogen (secondary N) is 1. The molecule has 0 unspecified atom stereocenters. The van der Waals surface area contributed by atoms with Crippen LogP contribution < -0.4 is 10.1 Å². The van der Waals surface area contributed by atoms with Gasteiger partial charge in [0, 0.05) is 25.3 Å². The van der Waals surface area contributed by atoms with E-state index in [9.17, 15) is 4.79 Å². The summed E-state index contributed by atoms with van der Waals surface area (Å²) in [5.74, 6) is 2.73. The summed E-state index contributed by atoms with van der Waals surface area (Å²) in [4.78, 5) is 12.5. The van der Waals surface area contributed by atoms with Crippen LogP contribution >= 0.6 is 0 Å². The Morgan fingerprint density at radius 1 is 0.867 bits per heavy atom. The SMILES string of the molecule is COc1ccc(C2CCC(CC(=O)Nc3ccc(C4CCOCC4)cc3)CC2)cc1. The molecule has 0 bridgehead atoms. The molecule has 1 aliphatic carbocycles. The van der Waals surface area contributed by atoms with E-state index in [4.69, 9.17) is 9.47 Å². The zero-order chi connectivity index (χ0) is 20.8. The molecular formula is C26H33NO3. The topological polar surface area (TPSA) is 47.6 Å². The fourth-order valence-corrected chi connectivity index (χ4v) is 4.92. The van der Waals surface area contributed by atoms with Gasteiger partial charge in [-0.05, 0) is 91.7 Å². The van der Waals surface area contributed by atoms with Gasteiger partial charge in [0.1, 0.15) is 5.75 Å². The maximum Gasteiger partial charge on any atom is 0.224 e. The van der Waals surface area contributed by atoms with Crippen molar-refractivity contribution >= 4 is 11.6 Å². The number of benzene rings is 2. The smallest absolute Gasteiger partial charge is 0.224 e. The molecule has 1 aliphatic heterocycles. The van der Waals surface area contributed by atoms with Crippen molar-refractivity contribution in [1.82, 2.24) is 0 Å². The Morgan fingerprint density at radius 2 is 1.43 bits per heavy atom. The van der Waals surface area contributed by atoms with Crippen molar-refractivity contribution in [2.75, 3.05) is 25.6 Å². The van der Waals surface area contributed by atoms with E-state index in [1.807, 2.05) is 24.3 Å². The average Bonchev–Trinajstić information content (AvgIpc) is 2.81. The van der Waals surface area contributed by atoms with Gasteiger partial charge in [-0.3, -0.25) is 4.79 Å². The van der Waals surface area contributed by atoms with Crippen LogP contribution in [0.25, 0.3) is 0 Å². The van der Waals surface area contributed by atoms with Gasteiger partial charge >= 0.3 is 0 Å². The maximum atomic E-state index is 12.5. The van der Waals surface area contributed by atoms with E-state index in [1.54, 1.807) is 7.11 Å². The number of anilines is 1. The highest BCUT2D eigenvalue weighted by molar-refractivity contribution is 5.90. The molecule has 0 spiro atoms. The first-order chi connectivity index (χ1) is 14.7. The minimum atomic E-state index is 0.140. The fourth-order valence-electron chi connectivity index (χ4n) is 4.92. The predicted octanol–water partition coefficient (Wildman–Crippen LogP) is 5.89. The Balaban J connectivity index is 1.22. The summed E-state index contributed by atoms with van der Waals surface area (Å²) in [7, 11) is 1.70. The third-order valence-electron chi connectivity index (χ3n) is 6.80. The minimum Gasteiger partial charge on any atom is -0.497 e.